The topological polar surface area (TPSA) is 69.2 Å². The quantitative estimate of drug-likeness (QED) is 0.904. The van der Waals surface area contributed by atoms with Gasteiger partial charge < -0.3 is 15.0 Å². The van der Waals surface area contributed by atoms with E-state index in [9.17, 15) is 14.3 Å². The number of nitrogens with one attached hydrogen (secondary N) is 1. The Morgan fingerprint density at radius 2 is 2.12 bits per heavy atom. The minimum atomic E-state index is -0.907. The zero-order chi connectivity index (χ0) is 17.3. The van der Waals surface area contributed by atoms with Crippen LogP contribution in [0.25, 0.3) is 11.0 Å². The van der Waals surface area contributed by atoms with Gasteiger partial charge in [-0.05, 0) is 43.4 Å². The molecule has 1 aromatic carbocycles. The fraction of sp³-hybridized carbons (Fsp3) is 0.556. The second-order valence-electron chi connectivity index (χ2n) is 7.03. The molecule has 0 saturated carbocycles. The van der Waals surface area contributed by atoms with Gasteiger partial charge in [-0.25, -0.2) is 9.37 Å². The van der Waals surface area contributed by atoms with Crippen LogP contribution in [0, 0.1) is 11.7 Å². The number of aliphatic hydroxyl groups excluding tert-OH is 1. The molecule has 130 valence electrons. The highest BCUT2D eigenvalue weighted by Gasteiger charge is 2.29. The maximum Gasteiger partial charge on any atom is 0.251 e. The van der Waals surface area contributed by atoms with Gasteiger partial charge >= 0.3 is 0 Å². The SMILES string of the molecule is CC(C)CC(O)C(=O)N1CCC(c2nc3ccc(F)cc3[nH]2)CC1. The molecule has 2 N–H and O–H groups in total. The van der Waals surface area contributed by atoms with Crippen molar-refractivity contribution in [2.75, 3.05) is 13.1 Å². The first-order valence-corrected chi connectivity index (χ1v) is 8.56. The Balaban J connectivity index is 1.62. The highest BCUT2D eigenvalue weighted by molar-refractivity contribution is 5.80. The van der Waals surface area contributed by atoms with Crippen LogP contribution in [0.5, 0.6) is 0 Å². The molecule has 1 aliphatic rings. The number of H-pyrrole nitrogens is 1. The molecule has 2 aromatic rings. The summed E-state index contributed by atoms with van der Waals surface area (Å²) in [5, 5.41) is 10.00. The van der Waals surface area contributed by atoms with Crippen LogP contribution in [0.1, 0.15) is 44.9 Å². The molecule has 1 unspecified atom stereocenters. The molecule has 0 radical (unpaired) electrons. The smallest absolute Gasteiger partial charge is 0.251 e. The Labute approximate surface area is 140 Å². The van der Waals surface area contributed by atoms with Gasteiger partial charge in [0.1, 0.15) is 17.7 Å². The molecular weight excluding hydrogens is 309 g/mol. The van der Waals surface area contributed by atoms with Gasteiger partial charge in [0.2, 0.25) is 0 Å². The summed E-state index contributed by atoms with van der Waals surface area (Å²) in [6, 6.07) is 4.53. The maximum atomic E-state index is 13.3. The molecule has 1 saturated heterocycles. The zero-order valence-corrected chi connectivity index (χ0v) is 14.1. The lowest BCUT2D eigenvalue weighted by atomic mass is 9.95. The minimum Gasteiger partial charge on any atom is -0.383 e. The van der Waals surface area contributed by atoms with Crippen molar-refractivity contribution in [1.82, 2.24) is 14.9 Å². The van der Waals surface area contributed by atoms with E-state index in [1.54, 1.807) is 11.0 Å². The molecule has 1 aliphatic heterocycles. The number of carbonyl (C=O) groups excluding carboxylic acids is 1. The lowest BCUT2D eigenvalue weighted by molar-refractivity contribution is -0.142. The molecule has 5 nitrogen and oxygen atoms in total. The Bertz CT molecular complexity index is 720. The highest BCUT2D eigenvalue weighted by Crippen LogP contribution is 2.28. The number of aromatic amines is 1. The van der Waals surface area contributed by atoms with Crippen LogP contribution in [0.15, 0.2) is 18.2 Å². The number of imidazole rings is 1. The van der Waals surface area contributed by atoms with Gasteiger partial charge in [-0.15, -0.1) is 0 Å². The fourth-order valence-corrected chi connectivity index (χ4v) is 3.33. The van der Waals surface area contributed by atoms with Gasteiger partial charge in [0, 0.05) is 19.0 Å². The number of carbonyl (C=O) groups is 1. The standard InChI is InChI=1S/C18H24FN3O2/c1-11(2)9-16(23)18(24)22-7-5-12(6-8-22)17-20-14-4-3-13(19)10-15(14)21-17/h3-4,10-12,16,23H,5-9H2,1-2H3,(H,20,21). The first-order chi connectivity index (χ1) is 11.4. The van der Waals surface area contributed by atoms with Crippen LogP contribution in [0.3, 0.4) is 0 Å². The number of halogens is 1. The molecule has 0 bridgehead atoms. The highest BCUT2D eigenvalue weighted by atomic mass is 19.1. The molecule has 0 aliphatic carbocycles. The Kier molecular flexibility index (Phi) is 4.85. The third kappa shape index (κ3) is 3.59. The summed E-state index contributed by atoms with van der Waals surface area (Å²) in [5.41, 5.74) is 1.47. The number of piperidine rings is 1. The number of rotatable bonds is 4. The number of likely N-dealkylation sites (tertiary alicyclic amines) is 1. The van der Waals surface area contributed by atoms with Crippen molar-refractivity contribution in [3.63, 3.8) is 0 Å². The van der Waals surface area contributed by atoms with Crippen LogP contribution < -0.4 is 0 Å². The third-order valence-corrected chi connectivity index (χ3v) is 4.64. The van der Waals surface area contributed by atoms with Crippen molar-refractivity contribution in [3.8, 4) is 0 Å². The average Bonchev–Trinajstić information content (AvgIpc) is 2.96. The summed E-state index contributed by atoms with van der Waals surface area (Å²) in [6.45, 7) is 5.22. The Hall–Kier alpha value is -1.95. The third-order valence-electron chi connectivity index (χ3n) is 4.64. The van der Waals surface area contributed by atoms with Gasteiger partial charge in [-0.2, -0.15) is 0 Å². The number of hydrogen-bond acceptors (Lipinski definition) is 3. The number of amides is 1. The van der Waals surface area contributed by atoms with E-state index in [-0.39, 0.29) is 23.6 Å². The molecule has 2 heterocycles. The van der Waals surface area contributed by atoms with Crippen LogP contribution >= 0.6 is 0 Å². The van der Waals surface area contributed by atoms with Gasteiger partial charge in [0.05, 0.1) is 11.0 Å². The largest absolute Gasteiger partial charge is 0.383 e. The van der Waals surface area contributed by atoms with Crippen molar-refractivity contribution in [2.24, 2.45) is 5.92 Å². The van der Waals surface area contributed by atoms with Gasteiger partial charge in [-0.3, -0.25) is 4.79 Å². The van der Waals surface area contributed by atoms with E-state index in [0.717, 1.165) is 24.2 Å². The predicted molar refractivity (Wildman–Crippen MR) is 90.1 cm³/mol. The Morgan fingerprint density at radius 1 is 1.42 bits per heavy atom. The normalized spacial score (nSPS) is 17.6. The Morgan fingerprint density at radius 3 is 2.79 bits per heavy atom. The number of benzene rings is 1. The van der Waals surface area contributed by atoms with Crippen LogP contribution in [0.2, 0.25) is 0 Å². The monoisotopic (exact) mass is 333 g/mol. The van der Waals surface area contributed by atoms with E-state index < -0.39 is 6.10 Å². The van der Waals surface area contributed by atoms with Gasteiger partial charge in [0.25, 0.3) is 5.91 Å². The van der Waals surface area contributed by atoms with Gasteiger partial charge in [0.15, 0.2) is 0 Å². The maximum absolute atomic E-state index is 13.3. The van der Waals surface area contributed by atoms with Gasteiger partial charge in [-0.1, -0.05) is 13.8 Å². The summed E-state index contributed by atoms with van der Waals surface area (Å²) in [7, 11) is 0. The lowest BCUT2D eigenvalue weighted by Gasteiger charge is -2.32. The first kappa shape index (κ1) is 16.9. The molecule has 6 heteroatoms. The van der Waals surface area contributed by atoms with E-state index in [1.807, 2.05) is 13.8 Å². The van der Waals surface area contributed by atoms with E-state index in [2.05, 4.69) is 9.97 Å². The molecule has 1 amide bonds. The van der Waals surface area contributed by atoms with Crippen LogP contribution in [0.4, 0.5) is 4.39 Å². The molecule has 24 heavy (non-hydrogen) atoms. The second-order valence-corrected chi connectivity index (χ2v) is 7.03. The minimum absolute atomic E-state index is 0.172. The number of aliphatic hydroxyl groups is 1. The van der Waals surface area contributed by atoms with Crippen molar-refractivity contribution >= 4 is 16.9 Å². The summed E-state index contributed by atoms with van der Waals surface area (Å²) in [4.78, 5) is 21.7. The van der Waals surface area contributed by atoms with E-state index in [0.29, 0.717) is 25.0 Å². The van der Waals surface area contributed by atoms with Crippen molar-refractivity contribution < 1.29 is 14.3 Å². The molecule has 3 rings (SSSR count). The number of aromatic nitrogens is 2. The first-order valence-electron chi connectivity index (χ1n) is 8.56. The van der Waals surface area contributed by atoms with Crippen LogP contribution in [-0.2, 0) is 4.79 Å². The van der Waals surface area contributed by atoms with E-state index in [1.165, 1.54) is 12.1 Å². The predicted octanol–water partition coefficient (Wildman–Crippen LogP) is 2.82. The molecule has 1 aromatic heterocycles. The van der Waals surface area contributed by atoms with E-state index >= 15 is 0 Å². The number of fused-ring (bicyclic) bond motifs is 1. The molecular formula is C18H24FN3O2. The van der Waals surface area contributed by atoms with Crippen LogP contribution in [-0.4, -0.2) is 45.1 Å². The average molecular weight is 333 g/mol. The summed E-state index contributed by atoms with van der Waals surface area (Å²) in [6.07, 6.45) is 1.18. The molecule has 1 atom stereocenters. The summed E-state index contributed by atoms with van der Waals surface area (Å²) in [5.74, 6) is 0.917. The summed E-state index contributed by atoms with van der Waals surface area (Å²) >= 11 is 0. The molecule has 0 spiro atoms. The van der Waals surface area contributed by atoms with Crippen molar-refractivity contribution in [3.05, 3.63) is 29.8 Å². The van der Waals surface area contributed by atoms with Crippen molar-refractivity contribution in [2.45, 2.75) is 45.1 Å². The number of hydrogen-bond donors (Lipinski definition) is 2. The lowest BCUT2D eigenvalue weighted by Crippen LogP contribution is -2.44. The molecule has 1 fully saturated rings. The second kappa shape index (κ2) is 6.89. The summed E-state index contributed by atoms with van der Waals surface area (Å²) < 4.78 is 13.3. The fourth-order valence-electron chi connectivity index (χ4n) is 3.33. The zero-order valence-electron chi connectivity index (χ0n) is 14.1. The van der Waals surface area contributed by atoms with Crippen molar-refractivity contribution in [1.29, 1.82) is 0 Å². The number of nitrogens with zero attached hydrogens (tertiary/aromatic N) is 2. The van der Waals surface area contributed by atoms with E-state index in [4.69, 9.17) is 0 Å².